The van der Waals surface area contributed by atoms with E-state index in [1.54, 1.807) is 24.3 Å². The number of hydrogen-bond acceptors (Lipinski definition) is 5. The number of fused-ring (bicyclic) bond motifs is 1. The molecular formula is C26H20N4O2. The molecule has 3 aromatic carbocycles. The van der Waals surface area contributed by atoms with Gasteiger partial charge >= 0.3 is 5.97 Å². The fourth-order valence-electron chi connectivity index (χ4n) is 3.93. The first kappa shape index (κ1) is 19.5. The lowest BCUT2D eigenvalue weighted by molar-refractivity contribution is 0.0697. The number of carbonyl (C=O) groups is 1. The molecule has 1 aliphatic rings. The second-order valence-electron chi connectivity index (χ2n) is 7.70. The van der Waals surface area contributed by atoms with Crippen LogP contribution in [0.25, 0.3) is 34.2 Å². The first-order valence-electron chi connectivity index (χ1n) is 10.2. The maximum Gasteiger partial charge on any atom is 0.335 e. The van der Waals surface area contributed by atoms with Crippen molar-refractivity contribution in [3.05, 3.63) is 95.2 Å². The van der Waals surface area contributed by atoms with E-state index in [2.05, 4.69) is 18.2 Å². The molecule has 0 radical (unpaired) electrons. The van der Waals surface area contributed by atoms with Crippen LogP contribution >= 0.6 is 0 Å². The zero-order valence-corrected chi connectivity index (χ0v) is 17.1. The molecule has 0 unspecified atom stereocenters. The number of allylic oxidation sites excluding steroid dienone is 1. The molecule has 0 fully saturated rings. The summed E-state index contributed by atoms with van der Waals surface area (Å²) in [4.78, 5) is 20.9. The maximum atomic E-state index is 11.2. The summed E-state index contributed by atoms with van der Waals surface area (Å²) < 4.78 is 0. The van der Waals surface area contributed by atoms with Gasteiger partial charge in [0.1, 0.15) is 11.5 Å². The highest BCUT2D eigenvalue weighted by Gasteiger charge is 2.21. The van der Waals surface area contributed by atoms with Gasteiger partial charge < -0.3 is 16.6 Å². The van der Waals surface area contributed by atoms with E-state index in [1.165, 1.54) is 5.56 Å². The summed E-state index contributed by atoms with van der Waals surface area (Å²) in [7, 11) is 0. The summed E-state index contributed by atoms with van der Waals surface area (Å²) in [6.07, 6.45) is 2.84. The van der Waals surface area contributed by atoms with Gasteiger partial charge in [0.05, 0.1) is 17.0 Å². The molecule has 6 nitrogen and oxygen atoms in total. The third-order valence-electron chi connectivity index (χ3n) is 5.58. The van der Waals surface area contributed by atoms with Crippen molar-refractivity contribution in [2.75, 3.05) is 11.5 Å². The molecule has 0 bridgehead atoms. The van der Waals surface area contributed by atoms with Crippen LogP contribution in [0.2, 0.25) is 0 Å². The first-order valence-corrected chi connectivity index (χ1v) is 10.2. The minimum Gasteiger partial charge on any atom is -0.478 e. The number of nitrogens with two attached hydrogens (primary N) is 2. The van der Waals surface area contributed by atoms with Gasteiger partial charge in [0.25, 0.3) is 0 Å². The van der Waals surface area contributed by atoms with E-state index < -0.39 is 5.97 Å². The van der Waals surface area contributed by atoms with E-state index in [4.69, 9.17) is 21.4 Å². The highest BCUT2D eigenvalue weighted by atomic mass is 16.4. The van der Waals surface area contributed by atoms with E-state index in [9.17, 15) is 9.90 Å². The molecule has 5 N–H and O–H groups in total. The van der Waals surface area contributed by atoms with E-state index in [1.807, 2.05) is 36.4 Å². The maximum absolute atomic E-state index is 11.2. The van der Waals surface area contributed by atoms with E-state index in [-0.39, 0.29) is 5.56 Å². The molecule has 0 amide bonds. The summed E-state index contributed by atoms with van der Waals surface area (Å²) >= 11 is 0. The van der Waals surface area contributed by atoms with Crippen LogP contribution in [0.1, 0.15) is 27.2 Å². The van der Waals surface area contributed by atoms with Crippen molar-refractivity contribution in [1.82, 2.24) is 9.97 Å². The van der Waals surface area contributed by atoms with Crippen molar-refractivity contribution in [2.45, 2.75) is 6.42 Å². The van der Waals surface area contributed by atoms with Crippen LogP contribution < -0.4 is 11.5 Å². The van der Waals surface area contributed by atoms with Gasteiger partial charge in [-0.25, -0.2) is 14.8 Å². The second kappa shape index (κ2) is 7.67. The molecule has 0 atom stereocenters. The Morgan fingerprint density at radius 1 is 0.781 bits per heavy atom. The monoisotopic (exact) mass is 420 g/mol. The normalized spacial score (nSPS) is 12.3. The smallest absolute Gasteiger partial charge is 0.335 e. The summed E-state index contributed by atoms with van der Waals surface area (Å²) in [6.45, 7) is 0. The highest BCUT2D eigenvalue weighted by molar-refractivity contribution is 5.92. The van der Waals surface area contributed by atoms with Gasteiger partial charge in [0.15, 0.2) is 0 Å². The predicted octanol–water partition coefficient (Wildman–Crippen LogP) is 4.77. The summed E-state index contributed by atoms with van der Waals surface area (Å²) in [5, 5.41) is 9.21. The molecular weight excluding hydrogens is 400 g/mol. The fraction of sp³-hybridized carbons (Fsp3) is 0.0385. The minimum absolute atomic E-state index is 0.203. The number of benzene rings is 3. The molecule has 1 heterocycles. The summed E-state index contributed by atoms with van der Waals surface area (Å²) in [5.41, 5.74) is 20.0. The molecule has 1 aliphatic carbocycles. The van der Waals surface area contributed by atoms with Gasteiger partial charge in [0, 0.05) is 23.2 Å². The molecule has 0 aliphatic heterocycles. The average molecular weight is 420 g/mol. The highest BCUT2D eigenvalue weighted by Crippen LogP contribution is 2.37. The Balaban J connectivity index is 1.66. The van der Waals surface area contributed by atoms with Crippen LogP contribution in [0.15, 0.2) is 72.8 Å². The zero-order valence-electron chi connectivity index (χ0n) is 17.1. The number of hydrogen-bond donors (Lipinski definition) is 3. The topological polar surface area (TPSA) is 115 Å². The number of carboxylic acids is 1. The average Bonchev–Trinajstić information content (AvgIpc) is 3.23. The van der Waals surface area contributed by atoms with E-state index in [0.717, 1.165) is 28.7 Å². The Kier molecular flexibility index (Phi) is 4.67. The van der Waals surface area contributed by atoms with Crippen molar-refractivity contribution in [2.24, 2.45) is 0 Å². The minimum atomic E-state index is -0.982. The predicted molar refractivity (Wildman–Crippen MR) is 127 cm³/mol. The molecule has 32 heavy (non-hydrogen) atoms. The van der Waals surface area contributed by atoms with Crippen LogP contribution in [-0.2, 0) is 6.42 Å². The quantitative estimate of drug-likeness (QED) is 0.410. The van der Waals surface area contributed by atoms with E-state index in [0.29, 0.717) is 28.6 Å². The first-order chi connectivity index (χ1) is 15.5. The molecule has 6 heteroatoms. The zero-order chi connectivity index (χ0) is 22.2. The molecule has 0 saturated carbocycles. The van der Waals surface area contributed by atoms with Crippen LogP contribution in [0.4, 0.5) is 11.5 Å². The van der Waals surface area contributed by atoms with Crippen molar-refractivity contribution in [1.29, 1.82) is 0 Å². The Morgan fingerprint density at radius 3 is 2.06 bits per heavy atom. The van der Waals surface area contributed by atoms with Crippen molar-refractivity contribution >= 4 is 29.1 Å². The van der Waals surface area contributed by atoms with Crippen LogP contribution in [0, 0.1) is 0 Å². The second-order valence-corrected chi connectivity index (χ2v) is 7.70. The molecule has 0 saturated heterocycles. The standard InChI is InChI=1S/C26H20N4O2/c27-21-11-9-16(10-12-21)22-23(15-5-7-17(8-6-15)26(31)32)30-25(28)24(29-22)20-13-18-3-1-2-4-19(18)14-20/h1-13H,14,27H2,(H2,28,30)(H,31,32). The van der Waals surface area contributed by atoms with Crippen molar-refractivity contribution < 1.29 is 9.90 Å². The Hall–Kier alpha value is -4.45. The van der Waals surface area contributed by atoms with Gasteiger partial charge in [-0.1, -0.05) is 48.5 Å². The SMILES string of the molecule is Nc1ccc(-c2nc(C3=Cc4ccccc4C3)c(N)nc2-c2ccc(C(=O)O)cc2)cc1. The van der Waals surface area contributed by atoms with E-state index >= 15 is 0 Å². The third kappa shape index (κ3) is 3.48. The Bertz CT molecular complexity index is 1370. The van der Waals surface area contributed by atoms with Crippen molar-refractivity contribution in [3.63, 3.8) is 0 Å². The lowest BCUT2D eigenvalue weighted by atomic mass is 10.0. The lowest BCUT2D eigenvalue weighted by Crippen LogP contribution is -2.05. The number of rotatable bonds is 4. The number of nitrogen functional groups attached to an aromatic ring is 2. The van der Waals surface area contributed by atoms with Crippen LogP contribution in [0.3, 0.4) is 0 Å². The van der Waals surface area contributed by atoms with Crippen LogP contribution in [0.5, 0.6) is 0 Å². The Labute approximate surface area is 184 Å². The van der Waals surface area contributed by atoms with Gasteiger partial charge in [-0.3, -0.25) is 0 Å². The Morgan fingerprint density at radius 2 is 1.41 bits per heavy atom. The third-order valence-corrected chi connectivity index (χ3v) is 5.58. The van der Waals surface area contributed by atoms with Gasteiger partial charge in [-0.2, -0.15) is 0 Å². The number of aromatic carboxylic acids is 1. The number of anilines is 2. The van der Waals surface area contributed by atoms with Gasteiger partial charge in [-0.05, 0) is 47.0 Å². The summed E-state index contributed by atoms with van der Waals surface area (Å²) in [6, 6.07) is 22.2. The molecule has 1 aromatic heterocycles. The van der Waals surface area contributed by atoms with Gasteiger partial charge in [-0.15, -0.1) is 0 Å². The largest absolute Gasteiger partial charge is 0.478 e. The number of carboxylic acid groups (broad SMARTS) is 1. The fourth-order valence-corrected chi connectivity index (χ4v) is 3.93. The number of nitrogens with zero attached hydrogens (tertiary/aromatic N) is 2. The summed E-state index contributed by atoms with van der Waals surface area (Å²) in [5.74, 6) is -0.649. The molecule has 0 spiro atoms. The molecule has 156 valence electrons. The molecule has 4 aromatic rings. The lowest BCUT2D eigenvalue weighted by Gasteiger charge is -2.14. The van der Waals surface area contributed by atoms with Crippen LogP contribution in [-0.4, -0.2) is 21.0 Å². The van der Waals surface area contributed by atoms with Gasteiger partial charge in [0.2, 0.25) is 0 Å². The number of aromatic nitrogens is 2. The molecule has 5 rings (SSSR count). The van der Waals surface area contributed by atoms with Crippen molar-refractivity contribution in [3.8, 4) is 22.5 Å².